The molecule has 0 aliphatic carbocycles. The minimum absolute atomic E-state index is 0.614. The number of rotatable bonds is 5. The molecule has 0 amide bonds. The SMILES string of the molecule is C=Cc1nc2c3cc4ccccc4cc3c3ccc(-c4nc(-c5ccccc5)nc(-c5ccccc5)n4)cc3n2c1/C=C\C. The molecule has 8 rings (SSSR count). The molecule has 208 valence electrons. The lowest BCUT2D eigenvalue weighted by Crippen LogP contribution is -2.01. The highest BCUT2D eigenvalue weighted by Gasteiger charge is 2.18. The highest BCUT2D eigenvalue weighted by Crippen LogP contribution is 2.36. The lowest BCUT2D eigenvalue weighted by atomic mass is 9.99. The van der Waals surface area contributed by atoms with E-state index in [4.69, 9.17) is 19.9 Å². The third-order valence-electron chi connectivity index (χ3n) is 8.07. The Kier molecular flexibility index (Phi) is 6.09. The molecule has 0 aliphatic heterocycles. The largest absolute Gasteiger partial charge is 0.292 e. The molecule has 0 aliphatic rings. The molecule has 0 spiro atoms. The first-order valence-electron chi connectivity index (χ1n) is 14.6. The van der Waals surface area contributed by atoms with Gasteiger partial charge in [-0.3, -0.25) is 4.40 Å². The smallest absolute Gasteiger partial charge is 0.164 e. The average Bonchev–Trinajstić information content (AvgIpc) is 3.47. The topological polar surface area (TPSA) is 56.0 Å². The maximum Gasteiger partial charge on any atom is 0.164 e. The van der Waals surface area contributed by atoms with Crippen LogP contribution in [0.4, 0.5) is 0 Å². The molecule has 44 heavy (non-hydrogen) atoms. The van der Waals surface area contributed by atoms with Gasteiger partial charge in [-0.25, -0.2) is 19.9 Å². The van der Waals surface area contributed by atoms with Gasteiger partial charge in [-0.05, 0) is 53.4 Å². The zero-order valence-corrected chi connectivity index (χ0v) is 24.1. The van der Waals surface area contributed by atoms with Crippen molar-refractivity contribution < 1.29 is 0 Å². The third kappa shape index (κ3) is 4.17. The van der Waals surface area contributed by atoms with E-state index in [2.05, 4.69) is 71.7 Å². The van der Waals surface area contributed by atoms with Crippen LogP contribution >= 0.6 is 0 Å². The predicted molar refractivity (Wildman–Crippen MR) is 182 cm³/mol. The van der Waals surface area contributed by atoms with Crippen molar-refractivity contribution >= 4 is 50.2 Å². The first-order chi connectivity index (χ1) is 21.7. The van der Waals surface area contributed by atoms with Gasteiger partial charge in [-0.2, -0.15) is 0 Å². The summed E-state index contributed by atoms with van der Waals surface area (Å²) in [6.45, 7) is 6.11. The predicted octanol–water partition coefficient (Wildman–Crippen LogP) is 9.66. The second-order valence-corrected chi connectivity index (χ2v) is 10.8. The zero-order valence-electron chi connectivity index (χ0n) is 24.1. The van der Waals surface area contributed by atoms with Crippen molar-refractivity contribution in [2.24, 2.45) is 0 Å². The van der Waals surface area contributed by atoms with Crippen molar-refractivity contribution in [1.29, 1.82) is 0 Å². The quantitative estimate of drug-likeness (QED) is 0.154. The van der Waals surface area contributed by atoms with Crippen molar-refractivity contribution in [3.63, 3.8) is 0 Å². The maximum absolute atomic E-state index is 5.10. The number of nitrogens with zero attached hydrogens (tertiary/aromatic N) is 5. The summed E-state index contributed by atoms with van der Waals surface area (Å²) in [7, 11) is 0. The minimum Gasteiger partial charge on any atom is -0.292 e. The Bertz CT molecular complexity index is 2350. The Labute approximate surface area is 254 Å². The molecule has 5 heteroatoms. The van der Waals surface area contributed by atoms with E-state index in [1.54, 1.807) is 0 Å². The van der Waals surface area contributed by atoms with Crippen LogP contribution in [0.2, 0.25) is 0 Å². The number of imidazole rings is 1. The number of aromatic nitrogens is 5. The summed E-state index contributed by atoms with van der Waals surface area (Å²) < 4.78 is 2.24. The Morgan fingerprint density at radius 1 is 0.568 bits per heavy atom. The van der Waals surface area contributed by atoms with Gasteiger partial charge in [0, 0.05) is 27.5 Å². The van der Waals surface area contributed by atoms with Crippen molar-refractivity contribution in [1.82, 2.24) is 24.3 Å². The van der Waals surface area contributed by atoms with Crippen molar-refractivity contribution in [2.75, 3.05) is 0 Å². The minimum atomic E-state index is 0.614. The molecule has 3 aromatic heterocycles. The molecule has 8 aromatic rings. The lowest BCUT2D eigenvalue weighted by Gasteiger charge is -2.13. The first kappa shape index (κ1) is 25.7. The third-order valence-corrected chi connectivity index (χ3v) is 8.07. The molecule has 5 aromatic carbocycles. The molecule has 0 unspecified atom stereocenters. The Morgan fingerprint density at radius 3 is 1.73 bits per heavy atom. The van der Waals surface area contributed by atoms with Gasteiger partial charge in [0.15, 0.2) is 17.5 Å². The number of hydrogen-bond donors (Lipinski definition) is 0. The second kappa shape index (κ2) is 10.4. The van der Waals surface area contributed by atoms with Crippen LogP contribution in [0.1, 0.15) is 18.3 Å². The Hall–Kier alpha value is -5.94. The molecular formula is C39H27N5. The highest BCUT2D eigenvalue weighted by molar-refractivity contribution is 6.16. The fourth-order valence-corrected chi connectivity index (χ4v) is 6.01. The van der Waals surface area contributed by atoms with E-state index < -0.39 is 0 Å². The molecule has 0 bridgehead atoms. The van der Waals surface area contributed by atoms with Crippen molar-refractivity contribution in [3.8, 4) is 34.2 Å². The fraction of sp³-hybridized carbons (Fsp3) is 0.0256. The monoisotopic (exact) mass is 565 g/mol. The summed E-state index contributed by atoms with van der Waals surface area (Å²) >= 11 is 0. The van der Waals surface area contributed by atoms with Crippen LogP contribution in [0.5, 0.6) is 0 Å². The van der Waals surface area contributed by atoms with E-state index in [1.807, 2.05) is 79.7 Å². The van der Waals surface area contributed by atoms with Gasteiger partial charge in [0.05, 0.1) is 16.9 Å². The van der Waals surface area contributed by atoms with E-state index in [0.29, 0.717) is 17.5 Å². The van der Waals surface area contributed by atoms with Crippen LogP contribution in [0, 0.1) is 0 Å². The average molecular weight is 566 g/mol. The molecule has 3 heterocycles. The second-order valence-electron chi connectivity index (χ2n) is 10.8. The van der Waals surface area contributed by atoms with E-state index in [0.717, 1.165) is 55.4 Å². The highest BCUT2D eigenvalue weighted by atomic mass is 15.0. The molecule has 0 N–H and O–H groups in total. The van der Waals surface area contributed by atoms with Crippen molar-refractivity contribution in [3.05, 3.63) is 139 Å². The zero-order chi connectivity index (χ0) is 29.6. The molecule has 0 atom stereocenters. The number of benzene rings is 5. The number of fused-ring (bicyclic) bond motifs is 7. The van der Waals surface area contributed by atoms with Gasteiger partial charge in [0.1, 0.15) is 5.65 Å². The Morgan fingerprint density at radius 2 is 1.14 bits per heavy atom. The lowest BCUT2D eigenvalue weighted by molar-refractivity contribution is 1.07. The molecule has 0 radical (unpaired) electrons. The summed E-state index contributed by atoms with van der Waals surface area (Å²) in [6.07, 6.45) is 5.97. The van der Waals surface area contributed by atoms with Crippen LogP contribution in [0.15, 0.2) is 128 Å². The number of pyridine rings is 1. The van der Waals surface area contributed by atoms with E-state index >= 15 is 0 Å². The summed E-state index contributed by atoms with van der Waals surface area (Å²) in [5, 5.41) is 5.75. The summed E-state index contributed by atoms with van der Waals surface area (Å²) in [5.74, 6) is 1.88. The summed E-state index contributed by atoms with van der Waals surface area (Å²) in [6, 6.07) is 39.6. The van der Waals surface area contributed by atoms with Gasteiger partial charge < -0.3 is 0 Å². The molecule has 5 nitrogen and oxygen atoms in total. The number of hydrogen-bond acceptors (Lipinski definition) is 4. The number of allylic oxidation sites excluding steroid dienone is 1. The summed E-state index contributed by atoms with van der Waals surface area (Å²) in [5.41, 5.74) is 6.52. The van der Waals surface area contributed by atoms with Gasteiger partial charge in [-0.1, -0.05) is 110 Å². The first-order valence-corrected chi connectivity index (χ1v) is 14.6. The van der Waals surface area contributed by atoms with E-state index in [-0.39, 0.29) is 0 Å². The molecule has 0 fully saturated rings. The van der Waals surface area contributed by atoms with Gasteiger partial charge >= 0.3 is 0 Å². The maximum atomic E-state index is 5.10. The van der Waals surface area contributed by atoms with Gasteiger partial charge in [-0.15, -0.1) is 0 Å². The van der Waals surface area contributed by atoms with E-state index in [1.165, 1.54) is 10.8 Å². The normalized spacial score (nSPS) is 11.8. The van der Waals surface area contributed by atoms with E-state index in [9.17, 15) is 0 Å². The Balaban J connectivity index is 1.46. The fourth-order valence-electron chi connectivity index (χ4n) is 6.01. The van der Waals surface area contributed by atoms with Crippen LogP contribution in [0.3, 0.4) is 0 Å². The molecule has 0 saturated carbocycles. The van der Waals surface area contributed by atoms with Gasteiger partial charge in [0.25, 0.3) is 0 Å². The molecular weight excluding hydrogens is 538 g/mol. The van der Waals surface area contributed by atoms with Crippen LogP contribution in [0.25, 0.3) is 84.4 Å². The van der Waals surface area contributed by atoms with Crippen molar-refractivity contribution in [2.45, 2.75) is 6.92 Å². The van der Waals surface area contributed by atoms with Crippen LogP contribution in [-0.2, 0) is 0 Å². The summed E-state index contributed by atoms with van der Waals surface area (Å²) in [4.78, 5) is 20.0. The van der Waals surface area contributed by atoms with Crippen LogP contribution in [-0.4, -0.2) is 24.3 Å². The van der Waals surface area contributed by atoms with Gasteiger partial charge in [0.2, 0.25) is 0 Å². The standard InChI is InChI=1S/C39H27N5/c1-3-13-34-33(4-2)40-39-32-23-28-19-12-11-18-27(28)22-31(32)30-21-20-29(24-35(30)44(34)39)38-42-36(25-14-7-5-8-15-25)41-37(43-38)26-16-9-6-10-17-26/h3-24H,2H2,1H3/b13-3-. The van der Waals surface area contributed by atoms with Crippen LogP contribution < -0.4 is 0 Å². The molecule has 0 saturated heterocycles.